The number of aromatic nitrogens is 3. The molecule has 0 atom stereocenters. The number of pyridine rings is 2. The fourth-order valence-corrected chi connectivity index (χ4v) is 4.97. The van der Waals surface area contributed by atoms with Crippen molar-refractivity contribution < 1.29 is 27.9 Å². The summed E-state index contributed by atoms with van der Waals surface area (Å²) in [5.41, 5.74) is 0.0141. The van der Waals surface area contributed by atoms with E-state index in [1.54, 1.807) is 6.07 Å². The lowest BCUT2D eigenvalue weighted by Crippen LogP contribution is -2.29. The van der Waals surface area contributed by atoms with Crippen molar-refractivity contribution in [3.63, 3.8) is 0 Å². The van der Waals surface area contributed by atoms with Crippen LogP contribution < -0.4 is 16.1 Å². The van der Waals surface area contributed by atoms with Crippen molar-refractivity contribution in [2.24, 2.45) is 0 Å². The molecule has 3 aromatic heterocycles. The van der Waals surface area contributed by atoms with E-state index in [4.69, 9.17) is 0 Å². The summed E-state index contributed by atoms with van der Waals surface area (Å²) in [4.78, 5) is 49.9. The average Bonchev–Trinajstić information content (AvgIpc) is 3.41. The van der Waals surface area contributed by atoms with Crippen LogP contribution in [0.2, 0.25) is 0 Å². The Morgan fingerprint density at radius 3 is 2.54 bits per heavy atom. The van der Waals surface area contributed by atoms with E-state index in [2.05, 4.69) is 25.6 Å². The maximum Gasteiger partial charge on any atom is 0.434 e. The Morgan fingerprint density at radius 2 is 1.90 bits per heavy atom. The molecule has 0 bridgehead atoms. The van der Waals surface area contributed by atoms with Gasteiger partial charge >= 0.3 is 18.2 Å². The number of carbonyl (C=O) groups is 2. The summed E-state index contributed by atoms with van der Waals surface area (Å²) in [5, 5.41) is 15.7. The molecule has 14 heteroatoms. The summed E-state index contributed by atoms with van der Waals surface area (Å²) in [7, 11) is 3.76. The number of rotatable bonds is 9. The number of carboxylic acids is 1. The van der Waals surface area contributed by atoms with Crippen molar-refractivity contribution in [2.75, 3.05) is 32.5 Å². The van der Waals surface area contributed by atoms with E-state index in [0.717, 1.165) is 28.5 Å². The van der Waals surface area contributed by atoms with Crippen LogP contribution in [0.1, 0.15) is 35.0 Å². The number of thiazole rings is 1. The van der Waals surface area contributed by atoms with Gasteiger partial charge in [0.25, 0.3) is 0 Å². The fraction of sp³-hybridized carbons (Fsp3) is 0.296. The lowest BCUT2D eigenvalue weighted by atomic mass is 9.93. The Bertz CT molecular complexity index is 1670. The maximum atomic E-state index is 13.4. The summed E-state index contributed by atoms with van der Waals surface area (Å²) in [6.07, 6.45) is -0.942. The molecule has 0 unspecified atom stereocenters. The molecule has 0 spiro atoms. The van der Waals surface area contributed by atoms with Crippen molar-refractivity contribution in [3.8, 4) is 21.7 Å². The Morgan fingerprint density at radius 1 is 1.15 bits per heavy atom. The Hall–Kier alpha value is -4.30. The summed E-state index contributed by atoms with van der Waals surface area (Å²) in [6, 6.07) is 4.14. The van der Waals surface area contributed by atoms with Crippen LogP contribution in [0.15, 0.2) is 40.8 Å². The molecule has 0 saturated heterocycles. The predicted molar refractivity (Wildman–Crippen MR) is 150 cm³/mol. The molecule has 216 valence electrons. The largest absolute Gasteiger partial charge is 0.477 e. The number of alkyl halides is 3. The van der Waals surface area contributed by atoms with Crippen molar-refractivity contribution in [1.29, 1.82) is 0 Å². The van der Waals surface area contributed by atoms with E-state index in [-0.39, 0.29) is 21.8 Å². The summed E-state index contributed by atoms with van der Waals surface area (Å²) in [5.74, 6) is -1.31. The van der Waals surface area contributed by atoms with E-state index < -0.39 is 34.9 Å². The normalized spacial score (nSPS) is 11.7. The number of carboxylic acid groups (broad SMARTS) is 1. The van der Waals surface area contributed by atoms with Crippen LogP contribution in [0.25, 0.3) is 32.6 Å². The zero-order chi connectivity index (χ0) is 29.9. The number of nitrogens with zero attached hydrogens (tertiary/aromatic N) is 3. The van der Waals surface area contributed by atoms with Crippen LogP contribution in [-0.2, 0) is 12.6 Å². The quantitative estimate of drug-likeness (QED) is 0.214. The van der Waals surface area contributed by atoms with Gasteiger partial charge in [-0.3, -0.25) is 10.1 Å². The lowest BCUT2D eigenvalue weighted by Gasteiger charge is -2.17. The number of urea groups is 1. The number of carbonyl (C=O) groups excluding carboxylic acids is 1. The number of aromatic amines is 1. The molecule has 4 rings (SSSR count). The average molecular weight is 589 g/mol. The molecule has 0 fully saturated rings. The van der Waals surface area contributed by atoms with Crippen LogP contribution in [0.5, 0.6) is 0 Å². The molecule has 0 saturated carbocycles. The van der Waals surface area contributed by atoms with Crippen molar-refractivity contribution >= 4 is 40.1 Å². The zero-order valence-corrected chi connectivity index (χ0v) is 23.2. The van der Waals surface area contributed by atoms with Gasteiger partial charge in [-0.2, -0.15) is 13.2 Å². The number of amides is 2. The van der Waals surface area contributed by atoms with Crippen LogP contribution >= 0.6 is 11.3 Å². The summed E-state index contributed by atoms with van der Waals surface area (Å²) < 4.78 is 40.3. The van der Waals surface area contributed by atoms with Crippen LogP contribution in [-0.4, -0.2) is 64.1 Å². The third kappa shape index (κ3) is 6.72. The van der Waals surface area contributed by atoms with E-state index in [1.165, 1.54) is 18.3 Å². The molecule has 0 aliphatic carbocycles. The molecule has 2 amide bonds. The highest BCUT2D eigenvalue weighted by atomic mass is 32.1. The SMILES string of the molecule is CCCNC(=O)Nc1cc(-c2nc(C(F)(F)F)cs2)c(-c2cc3c(=O)c(C(=O)O)c[nH]c3cc2CCN(C)C)cn1. The van der Waals surface area contributed by atoms with E-state index in [0.29, 0.717) is 42.6 Å². The molecule has 3 heterocycles. The van der Waals surface area contributed by atoms with Crippen LogP contribution in [0.4, 0.5) is 23.8 Å². The number of anilines is 1. The first kappa shape index (κ1) is 29.7. The van der Waals surface area contributed by atoms with Crippen molar-refractivity contribution in [1.82, 2.24) is 25.2 Å². The van der Waals surface area contributed by atoms with Gasteiger partial charge in [-0.25, -0.2) is 19.6 Å². The molecule has 1 aromatic carbocycles. The van der Waals surface area contributed by atoms with Gasteiger partial charge in [0.05, 0.1) is 0 Å². The van der Waals surface area contributed by atoms with Gasteiger partial charge in [-0.05, 0) is 56.3 Å². The van der Waals surface area contributed by atoms with Gasteiger partial charge in [-0.1, -0.05) is 6.92 Å². The number of hydrogen-bond donors (Lipinski definition) is 4. The highest BCUT2D eigenvalue weighted by molar-refractivity contribution is 7.13. The van der Waals surface area contributed by atoms with Crippen molar-refractivity contribution in [3.05, 3.63) is 63.0 Å². The van der Waals surface area contributed by atoms with Gasteiger partial charge in [-0.15, -0.1) is 11.3 Å². The minimum atomic E-state index is -4.66. The van der Waals surface area contributed by atoms with Crippen LogP contribution in [0.3, 0.4) is 0 Å². The molecule has 41 heavy (non-hydrogen) atoms. The summed E-state index contributed by atoms with van der Waals surface area (Å²) >= 11 is 0.776. The number of likely N-dealkylation sites (N-methyl/N-ethyl adjacent to an activating group) is 1. The third-order valence-electron chi connectivity index (χ3n) is 6.16. The number of hydrogen-bond acceptors (Lipinski definition) is 7. The minimum Gasteiger partial charge on any atom is -0.477 e. The van der Waals surface area contributed by atoms with E-state index >= 15 is 0 Å². The van der Waals surface area contributed by atoms with Crippen LogP contribution in [0, 0.1) is 0 Å². The molecule has 4 aromatic rings. The number of fused-ring (bicyclic) bond motifs is 1. The fourth-order valence-electron chi connectivity index (χ4n) is 4.11. The first-order valence-corrected chi connectivity index (χ1v) is 13.4. The lowest BCUT2D eigenvalue weighted by molar-refractivity contribution is -0.140. The molecule has 0 aliphatic rings. The minimum absolute atomic E-state index is 0.0265. The molecule has 0 aliphatic heterocycles. The van der Waals surface area contributed by atoms with Gasteiger partial charge in [0.1, 0.15) is 16.4 Å². The first-order valence-electron chi connectivity index (χ1n) is 12.5. The number of aromatic carboxylic acids is 1. The van der Waals surface area contributed by atoms with E-state index in [9.17, 15) is 32.7 Å². The molecule has 10 nitrogen and oxygen atoms in total. The third-order valence-corrected chi connectivity index (χ3v) is 7.04. The maximum absolute atomic E-state index is 13.4. The molecular weight excluding hydrogens is 561 g/mol. The van der Waals surface area contributed by atoms with Crippen molar-refractivity contribution in [2.45, 2.75) is 25.9 Å². The monoisotopic (exact) mass is 588 g/mol. The second-order valence-electron chi connectivity index (χ2n) is 9.48. The predicted octanol–water partition coefficient (Wildman–Crippen LogP) is 5.07. The highest BCUT2D eigenvalue weighted by Crippen LogP contribution is 2.40. The topological polar surface area (TPSA) is 140 Å². The zero-order valence-electron chi connectivity index (χ0n) is 22.3. The second kappa shape index (κ2) is 12.1. The number of H-pyrrole nitrogens is 1. The Labute approximate surface area is 236 Å². The van der Waals surface area contributed by atoms with E-state index in [1.807, 2.05) is 25.9 Å². The Balaban J connectivity index is 1.96. The second-order valence-corrected chi connectivity index (χ2v) is 10.3. The first-order chi connectivity index (χ1) is 19.4. The highest BCUT2D eigenvalue weighted by Gasteiger charge is 2.34. The molecular formula is C27H27F3N6O4S. The molecule has 0 radical (unpaired) electrons. The number of halogens is 3. The Kier molecular flexibility index (Phi) is 8.73. The number of nitrogens with one attached hydrogen (secondary N) is 3. The standard InChI is InChI=1S/C27H27F3N6O4S/c1-4-6-31-26(40)35-22-10-16(24-34-21(13-41-24)27(28,29)30)18(11-33-22)15-9-17-20(8-14(15)5-7-36(2)3)32-12-19(23(17)37)25(38)39/h8-13H,4-7H2,1-3H3,(H,32,37)(H,38,39)(H2,31,33,35,40). The van der Waals surface area contributed by atoms with Gasteiger partial charge < -0.3 is 20.3 Å². The van der Waals surface area contributed by atoms with Gasteiger partial charge in [0, 0.05) is 52.9 Å². The van der Waals surface area contributed by atoms with Gasteiger partial charge in [0.2, 0.25) is 5.43 Å². The number of benzene rings is 1. The summed E-state index contributed by atoms with van der Waals surface area (Å²) in [6.45, 7) is 2.90. The molecule has 4 N–H and O–H groups in total. The van der Waals surface area contributed by atoms with Gasteiger partial charge in [0.15, 0.2) is 5.69 Å². The smallest absolute Gasteiger partial charge is 0.434 e.